The summed E-state index contributed by atoms with van der Waals surface area (Å²) >= 11 is 6.04. The summed E-state index contributed by atoms with van der Waals surface area (Å²) in [5.74, 6) is 0. The predicted molar refractivity (Wildman–Crippen MR) is 76.9 cm³/mol. The summed E-state index contributed by atoms with van der Waals surface area (Å²) in [6.07, 6.45) is 4.89. The maximum atomic E-state index is 11.9. The topological polar surface area (TPSA) is 80.0 Å². The van der Waals surface area contributed by atoms with E-state index in [1.807, 2.05) is 19.1 Å². The van der Waals surface area contributed by atoms with Crippen molar-refractivity contribution in [2.75, 3.05) is 11.9 Å². The summed E-state index contributed by atoms with van der Waals surface area (Å²) in [4.78, 5) is 15.9. The van der Waals surface area contributed by atoms with Gasteiger partial charge in [0.25, 0.3) is 5.56 Å². The molecule has 0 saturated heterocycles. The first kappa shape index (κ1) is 14.5. The Hall–Kier alpha value is -1.92. The van der Waals surface area contributed by atoms with Crippen LogP contribution in [0.5, 0.6) is 0 Å². The van der Waals surface area contributed by atoms with Crippen molar-refractivity contribution in [2.24, 2.45) is 0 Å². The Bertz CT molecular complexity index is 630. The number of nitrogens with one attached hydrogen (secondary N) is 1. The van der Waals surface area contributed by atoms with Crippen LogP contribution in [0, 0.1) is 0 Å². The minimum absolute atomic E-state index is 0.0367. The molecule has 0 spiro atoms. The highest BCUT2D eigenvalue weighted by Crippen LogP contribution is 2.22. The summed E-state index contributed by atoms with van der Waals surface area (Å²) in [5.41, 5.74) is 1.07. The fourth-order valence-corrected chi connectivity index (χ4v) is 1.99. The van der Waals surface area contributed by atoms with E-state index in [9.17, 15) is 4.79 Å². The van der Waals surface area contributed by atoms with Gasteiger partial charge in [0.15, 0.2) is 0 Å². The normalized spacial score (nSPS) is 12.2. The smallest absolute Gasteiger partial charge is 0.287 e. The fourth-order valence-electron chi connectivity index (χ4n) is 1.79. The molecule has 1 unspecified atom stereocenters. The van der Waals surface area contributed by atoms with Crippen molar-refractivity contribution in [3.8, 4) is 0 Å². The van der Waals surface area contributed by atoms with Gasteiger partial charge in [0.1, 0.15) is 5.02 Å². The van der Waals surface area contributed by atoms with Crippen LogP contribution in [0.4, 0.5) is 5.69 Å². The van der Waals surface area contributed by atoms with Gasteiger partial charge in [0.05, 0.1) is 25.0 Å². The molecule has 0 aliphatic rings. The first-order valence-corrected chi connectivity index (χ1v) is 6.54. The Morgan fingerprint density at radius 1 is 1.45 bits per heavy atom. The van der Waals surface area contributed by atoms with Crippen molar-refractivity contribution in [1.82, 2.24) is 14.8 Å². The summed E-state index contributed by atoms with van der Waals surface area (Å²) in [5, 5.41) is 16.0. The Balaban J connectivity index is 2.22. The molecule has 0 aliphatic carbocycles. The van der Waals surface area contributed by atoms with Gasteiger partial charge in [-0.25, -0.2) is 4.68 Å². The van der Waals surface area contributed by atoms with Crippen LogP contribution < -0.4 is 10.9 Å². The van der Waals surface area contributed by atoms with E-state index in [1.165, 1.54) is 6.20 Å². The molecule has 2 aromatic heterocycles. The molecule has 0 aliphatic heterocycles. The van der Waals surface area contributed by atoms with E-state index < -0.39 is 5.56 Å². The van der Waals surface area contributed by atoms with Gasteiger partial charge in [0.2, 0.25) is 0 Å². The number of aromatic nitrogens is 3. The number of halogens is 1. The molecule has 0 aromatic carbocycles. The van der Waals surface area contributed by atoms with E-state index in [2.05, 4.69) is 15.4 Å². The van der Waals surface area contributed by atoms with Crippen LogP contribution in [-0.4, -0.2) is 26.5 Å². The van der Waals surface area contributed by atoms with Crippen molar-refractivity contribution < 1.29 is 5.11 Å². The monoisotopic (exact) mass is 294 g/mol. The molecule has 2 rings (SSSR count). The van der Waals surface area contributed by atoms with Gasteiger partial charge in [0, 0.05) is 18.4 Å². The molecule has 1 atom stereocenters. The minimum atomic E-state index is -0.423. The third-order valence-electron chi connectivity index (χ3n) is 2.87. The lowest BCUT2D eigenvalue weighted by atomic mass is 10.1. The van der Waals surface area contributed by atoms with Crippen LogP contribution >= 0.6 is 11.6 Å². The first-order valence-electron chi connectivity index (χ1n) is 6.16. The first-order chi connectivity index (χ1) is 9.63. The highest BCUT2D eigenvalue weighted by Gasteiger charge is 2.12. The Labute approximate surface area is 121 Å². The molecule has 106 valence electrons. The molecule has 0 amide bonds. The lowest BCUT2D eigenvalue weighted by Gasteiger charge is -2.16. The van der Waals surface area contributed by atoms with Crippen LogP contribution in [0.2, 0.25) is 5.02 Å². The highest BCUT2D eigenvalue weighted by molar-refractivity contribution is 6.32. The molecule has 0 fully saturated rings. The van der Waals surface area contributed by atoms with Crippen molar-refractivity contribution >= 4 is 17.3 Å². The number of rotatable bonds is 5. The quantitative estimate of drug-likeness (QED) is 0.872. The maximum Gasteiger partial charge on any atom is 0.287 e. The summed E-state index contributed by atoms with van der Waals surface area (Å²) in [6, 6.07) is 3.73. The number of hydrogen-bond acceptors (Lipinski definition) is 5. The van der Waals surface area contributed by atoms with Gasteiger partial charge in [-0.05, 0) is 24.6 Å². The number of aliphatic hydroxyl groups excluding tert-OH is 1. The number of pyridine rings is 1. The van der Waals surface area contributed by atoms with E-state index in [0.29, 0.717) is 5.69 Å². The molecule has 20 heavy (non-hydrogen) atoms. The standard InChI is InChI=1S/C13H15ClN4O2/c1-9(10-2-4-15-5-3-10)17-11-8-16-18(6-7-19)13(20)12(11)14/h2-5,8-9,17,19H,6-7H2,1H3. The molecule has 6 nitrogen and oxygen atoms in total. The van der Waals surface area contributed by atoms with Gasteiger partial charge < -0.3 is 10.4 Å². The van der Waals surface area contributed by atoms with Gasteiger partial charge in [-0.2, -0.15) is 5.10 Å². The average Bonchev–Trinajstić information content (AvgIpc) is 2.48. The largest absolute Gasteiger partial charge is 0.394 e. The second-order valence-electron chi connectivity index (χ2n) is 4.27. The zero-order valence-corrected chi connectivity index (χ0v) is 11.7. The summed E-state index contributed by atoms with van der Waals surface area (Å²) < 4.78 is 1.13. The molecule has 2 aromatic rings. The van der Waals surface area contributed by atoms with Gasteiger partial charge in [-0.3, -0.25) is 9.78 Å². The molecule has 0 radical (unpaired) electrons. The molecule has 2 heterocycles. The molecule has 0 bridgehead atoms. The van der Waals surface area contributed by atoms with Crippen molar-refractivity contribution in [1.29, 1.82) is 0 Å². The van der Waals surface area contributed by atoms with Crippen LogP contribution in [0.1, 0.15) is 18.5 Å². The lowest BCUT2D eigenvalue weighted by molar-refractivity contribution is 0.266. The summed E-state index contributed by atoms with van der Waals surface area (Å²) in [6.45, 7) is 1.91. The van der Waals surface area contributed by atoms with E-state index in [0.717, 1.165) is 10.2 Å². The average molecular weight is 295 g/mol. The van der Waals surface area contributed by atoms with Gasteiger partial charge in [-0.1, -0.05) is 11.6 Å². The zero-order chi connectivity index (χ0) is 14.5. The van der Waals surface area contributed by atoms with E-state index in [1.54, 1.807) is 12.4 Å². The van der Waals surface area contributed by atoms with Crippen LogP contribution in [-0.2, 0) is 6.54 Å². The number of nitrogens with zero attached hydrogens (tertiary/aromatic N) is 3. The predicted octanol–water partition coefficient (Wildman–Crippen LogP) is 1.46. The third-order valence-corrected chi connectivity index (χ3v) is 3.24. The second kappa shape index (κ2) is 6.49. The molecular formula is C13H15ClN4O2. The van der Waals surface area contributed by atoms with Crippen molar-refractivity contribution in [3.63, 3.8) is 0 Å². The molecule has 7 heteroatoms. The lowest BCUT2D eigenvalue weighted by Crippen LogP contribution is -2.26. The molecular weight excluding hydrogens is 280 g/mol. The maximum absolute atomic E-state index is 11.9. The number of anilines is 1. The Morgan fingerprint density at radius 3 is 2.80 bits per heavy atom. The highest BCUT2D eigenvalue weighted by atomic mass is 35.5. The number of hydrogen-bond donors (Lipinski definition) is 2. The number of aliphatic hydroxyl groups is 1. The third kappa shape index (κ3) is 3.15. The van der Waals surface area contributed by atoms with Crippen LogP contribution in [0.25, 0.3) is 0 Å². The molecule has 0 saturated carbocycles. The minimum Gasteiger partial charge on any atom is -0.394 e. The second-order valence-corrected chi connectivity index (χ2v) is 4.65. The molecule has 2 N–H and O–H groups in total. The van der Waals surface area contributed by atoms with Crippen LogP contribution in [0.15, 0.2) is 35.5 Å². The van der Waals surface area contributed by atoms with Crippen molar-refractivity contribution in [2.45, 2.75) is 19.5 Å². The van der Waals surface area contributed by atoms with Crippen LogP contribution in [0.3, 0.4) is 0 Å². The van der Waals surface area contributed by atoms with E-state index >= 15 is 0 Å². The summed E-state index contributed by atoms with van der Waals surface area (Å²) in [7, 11) is 0. The fraction of sp³-hybridized carbons (Fsp3) is 0.308. The van der Waals surface area contributed by atoms with Gasteiger partial charge >= 0.3 is 0 Å². The SMILES string of the molecule is CC(Nc1cnn(CCO)c(=O)c1Cl)c1ccncc1. The van der Waals surface area contributed by atoms with Crippen molar-refractivity contribution in [3.05, 3.63) is 51.7 Å². The Kier molecular flexibility index (Phi) is 4.70. The van der Waals surface area contributed by atoms with Gasteiger partial charge in [-0.15, -0.1) is 0 Å². The zero-order valence-electron chi connectivity index (χ0n) is 11.0. The van der Waals surface area contributed by atoms with E-state index in [-0.39, 0.29) is 24.2 Å². The van der Waals surface area contributed by atoms with E-state index in [4.69, 9.17) is 16.7 Å². The Morgan fingerprint density at radius 2 is 2.15 bits per heavy atom.